The highest BCUT2D eigenvalue weighted by atomic mass is 16.5. The zero-order valence-corrected chi connectivity index (χ0v) is 22.4. The second kappa shape index (κ2) is 11.5. The molecule has 0 aromatic heterocycles. The highest BCUT2D eigenvalue weighted by Gasteiger charge is 2.38. The van der Waals surface area contributed by atoms with Gasteiger partial charge in [0.2, 0.25) is 0 Å². The van der Waals surface area contributed by atoms with Gasteiger partial charge in [-0.2, -0.15) is 0 Å². The summed E-state index contributed by atoms with van der Waals surface area (Å²) in [4.78, 5) is 24.4. The zero-order valence-electron chi connectivity index (χ0n) is 22.4. The summed E-state index contributed by atoms with van der Waals surface area (Å²) in [5.41, 5.74) is 0.172. The maximum absolute atomic E-state index is 12.8. The first-order chi connectivity index (χ1) is 17.4. The third-order valence-corrected chi connectivity index (χ3v) is 6.18. The van der Waals surface area contributed by atoms with Crippen LogP contribution in [0.25, 0.3) is 10.8 Å². The Bertz CT molecular complexity index is 1310. The van der Waals surface area contributed by atoms with E-state index in [-0.39, 0.29) is 6.04 Å². The summed E-state index contributed by atoms with van der Waals surface area (Å²) >= 11 is 0. The number of hydrogen-bond acceptors (Lipinski definition) is 4. The highest BCUT2D eigenvalue weighted by molar-refractivity contribution is 5.89. The lowest BCUT2D eigenvalue weighted by Crippen LogP contribution is -2.56. The molecule has 2 unspecified atom stereocenters. The summed E-state index contributed by atoms with van der Waals surface area (Å²) in [6.45, 7) is 11.2. The van der Waals surface area contributed by atoms with Gasteiger partial charge < -0.3 is 15.2 Å². The van der Waals surface area contributed by atoms with Gasteiger partial charge in [-0.25, -0.2) is 4.79 Å². The molecule has 3 aromatic rings. The normalized spacial score (nSPS) is 13.2. The van der Waals surface area contributed by atoms with E-state index in [1.807, 2.05) is 18.2 Å². The van der Waals surface area contributed by atoms with E-state index in [0.29, 0.717) is 12.3 Å². The molecule has 3 rings (SSSR count). The topological polar surface area (TPSA) is 87.7 Å². The monoisotopic (exact) mass is 500 g/mol. The number of rotatable bonds is 8. The van der Waals surface area contributed by atoms with Gasteiger partial charge in [-0.1, -0.05) is 75.1 Å². The smallest absolute Gasteiger partial charge is 0.326 e. The van der Waals surface area contributed by atoms with E-state index in [1.54, 1.807) is 46.8 Å². The SMILES string of the molecule is CC(NCC#Cc1ccc(OC(C)(C)C(=O)NC(C(=O)O)C(C)(C)C)cc1)c1cccc2ccccc12. The molecule has 0 saturated heterocycles. The average Bonchev–Trinajstić information content (AvgIpc) is 2.84. The van der Waals surface area contributed by atoms with Crippen LogP contribution in [0, 0.1) is 17.3 Å². The molecule has 6 heteroatoms. The Balaban J connectivity index is 1.57. The Hall–Kier alpha value is -3.82. The fourth-order valence-corrected chi connectivity index (χ4v) is 3.99. The molecular formula is C31H36N2O4. The third-order valence-electron chi connectivity index (χ3n) is 6.18. The van der Waals surface area contributed by atoms with Crippen LogP contribution in [-0.4, -0.2) is 35.2 Å². The van der Waals surface area contributed by atoms with Crippen LogP contribution in [0.4, 0.5) is 0 Å². The maximum Gasteiger partial charge on any atom is 0.326 e. The number of aliphatic carboxylic acids is 1. The Kier molecular flexibility index (Phi) is 8.62. The lowest BCUT2D eigenvalue weighted by atomic mass is 9.86. The van der Waals surface area contributed by atoms with Crippen LogP contribution < -0.4 is 15.4 Å². The number of carbonyl (C=O) groups excluding carboxylic acids is 1. The number of ether oxygens (including phenoxy) is 1. The number of carbonyl (C=O) groups is 2. The van der Waals surface area contributed by atoms with E-state index >= 15 is 0 Å². The molecule has 0 aliphatic rings. The van der Waals surface area contributed by atoms with Crippen LogP contribution in [-0.2, 0) is 9.59 Å². The minimum Gasteiger partial charge on any atom is -0.480 e. The van der Waals surface area contributed by atoms with E-state index in [1.165, 1.54) is 16.3 Å². The van der Waals surface area contributed by atoms with Crippen molar-refractivity contribution in [3.8, 4) is 17.6 Å². The van der Waals surface area contributed by atoms with Gasteiger partial charge in [0.15, 0.2) is 5.60 Å². The molecule has 6 nitrogen and oxygen atoms in total. The molecule has 3 aromatic carbocycles. The van der Waals surface area contributed by atoms with Gasteiger partial charge in [0.05, 0.1) is 6.54 Å². The minimum absolute atomic E-state index is 0.156. The van der Waals surface area contributed by atoms with Gasteiger partial charge in [0.25, 0.3) is 5.91 Å². The summed E-state index contributed by atoms with van der Waals surface area (Å²) in [5, 5.41) is 18.0. The fraction of sp³-hybridized carbons (Fsp3) is 0.355. The van der Waals surface area contributed by atoms with Crippen LogP contribution in [0.3, 0.4) is 0 Å². The largest absolute Gasteiger partial charge is 0.480 e. The van der Waals surface area contributed by atoms with Crippen molar-refractivity contribution in [2.75, 3.05) is 6.54 Å². The van der Waals surface area contributed by atoms with E-state index in [2.05, 4.69) is 65.8 Å². The molecule has 37 heavy (non-hydrogen) atoms. The Morgan fingerprint density at radius 2 is 1.59 bits per heavy atom. The first kappa shape index (κ1) is 27.8. The molecular weight excluding hydrogens is 464 g/mol. The minimum atomic E-state index is -1.26. The molecule has 0 spiro atoms. The molecule has 194 valence electrons. The lowest BCUT2D eigenvalue weighted by molar-refractivity contribution is -0.148. The molecule has 0 bridgehead atoms. The van der Waals surface area contributed by atoms with Gasteiger partial charge in [0, 0.05) is 11.6 Å². The quantitative estimate of drug-likeness (QED) is 0.365. The summed E-state index contributed by atoms with van der Waals surface area (Å²) in [5.74, 6) is 5.22. The average molecular weight is 501 g/mol. The van der Waals surface area contributed by atoms with Crippen LogP contribution in [0.5, 0.6) is 5.75 Å². The van der Waals surface area contributed by atoms with Crippen LogP contribution in [0.1, 0.15) is 58.7 Å². The van der Waals surface area contributed by atoms with E-state index < -0.39 is 28.9 Å². The predicted octanol–water partition coefficient (Wildman–Crippen LogP) is 5.32. The van der Waals surface area contributed by atoms with Crippen molar-refractivity contribution in [2.45, 2.75) is 59.2 Å². The first-order valence-corrected chi connectivity index (χ1v) is 12.4. The number of amides is 1. The van der Waals surface area contributed by atoms with Gasteiger partial charge >= 0.3 is 5.97 Å². The van der Waals surface area contributed by atoms with Gasteiger partial charge in [-0.05, 0) is 66.8 Å². The van der Waals surface area contributed by atoms with Crippen molar-refractivity contribution in [1.82, 2.24) is 10.6 Å². The number of nitrogens with one attached hydrogen (secondary N) is 2. The first-order valence-electron chi connectivity index (χ1n) is 12.4. The Labute approximate surface area is 219 Å². The third kappa shape index (κ3) is 7.34. The second-order valence-corrected chi connectivity index (χ2v) is 10.7. The number of carboxylic acid groups (broad SMARTS) is 1. The number of fused-ring (bicyclic) bond motifs is 1. The second-order valence-electron chi connectivity index (χ2n) is 10.7. The highest BCUT2D eigenvalue weighted by Crippen LogP contribution is 2.24. The molecule has 0 fully saturated rings. The van der Waals surface area contributed by atoms with E-state index in [9.17, 15) is 14.7 Å². The van der Waals surface area contributed by atoms with Crippen molar-refractivity contribution in [3.05, 3.63) is 77.9 Å². The summed E-state index contributed by atoms with van der Waals surface area (Å²) in [7, 11) is 0. The van der Waals surface area contributed by atoms with Crippen molar-refractivity contribution in [2.24, 2.45) is 5.41 Å². The summed E-state index contributed by atoms with van der Waals surface area (Å²) in [6, 6.07) is 21.0. The van der Waals surface area contributed by atoms with Crippen LogP contribution >= 0.6 is 0 Å². The van der Waals surface area contributed by atoms with Crippen molar-refractivity contribution >= 4 is 22.6 Å². The maximum atomic E-state index is 12.8. The fourth-order valence-electron chi connectivity index (χ4n) is 3.99. The predicted molar refractivity (Wildman–Crippen MR) is 147 cm³/mol. The lowest BCUT2D eigenvalue weighted by Gasteiger charge is -2.32. The van der Waals surface area contributed by atoms with E-state index in [4.69, 9.17) is 4.74 Å². The van der Waals surface area contributed by atoms with Gasteiger partial charge in [-0.15, -0.1) is 0 Å². The number of benzene rings is 3. The van der Waals surface area contributed by atoms with Crippen molar-refractivity contribution < 1.29 is 19.4 Å². The van der Waals surface area contributed by atoms with Gasteiger partial charge in [0.1, 0.15) is 11.8 Å². The molecule has 0 radical (unpaired) electrons. The molecule has 2 atom stereocenters. The Morgan fingerprint density at radius 3 is 2.24 bits per heavy atom. The van der Waals surface area contributed by atoms with Crippen molar-refractivity contribution in [3.63, 3.8) is 0 Å². The van der Waals surface area contributed by atoms with Crippen LogP contribution in [0.15, 0.2) is 66.7 Å². The van der Waals surface area contributed by atoms with Crippen molar-refractivity contribution in [1.29, 1.82) is 0 Å². The molecule has 3 N–H and O–H groups in total. The summed E-state index contributed by atoms with van der Waals surface area (Å²) < 4.78 is 5.89. The molecule has 0 aliphatic heterocycles. The number of hydrogen-bond donors (Lipinski definition) is 3. The number of carboxylic acids is 1. The zero-order chi connectivity index (χ0) is 27.2. The van der Waals surface area contributed by atoms with Crippen LogP contribution in [0.2, 0.25) is 0 Å². The molecule has 0 heterocycles. The Morgan fingerprint density at radius 1 is 0.946 bits per heavy atom. The summed E-state index contributed by atoms with van der Waals surface area (Å²) in [6.07, 6.45) is 0. The molecule has 0 saturated carbocycles. The van der Waals surface area contributed by atoms with Gasteiger partial charge in [-0.3, -0.25) is 10.1 Å². The molecule has 0 aliphatic carbocycles. The van der Waals surface area contributed by atoms with E-state index in [0.717, 1.165) is 5.56 Å². The standard InChI is InChI=1S/C31H36N2O4/c1-21(25-15-9-13-23-12-7-8-14-26(23)25)32-20-10-11-22-16-18-24(19-17-22)37-31(5,6)29(36)33-27(28(34)35)30(2,3)4/h7-9,12-19,21,27,32H,20H2,1-6H3,(H,33,36)(H,34,35). The molecule has 1 amide bonds.